The molecular weight excluding hydrogens is 374 g/mol. The fourth-order valence-electron chi connectivity index (χ4n) is 2.69. The van der Waals surface area contributed by atoms with E-state index in [4.69, 9.17) is 9.15 Å². The Morgan fingerprint density at radius 3 is 2.61 bits per heavy atom. The van der Waals surface area contributed by atoms with Crippen molar-refractivity contribution in [2.24, 2.45) is 0 Å². The van der Waals surface area contributed by atoms with Crippen LogP contribution in [0.1, 0.15) is 35.5 Å². The first-order valence-electron chi connectivity index (χ1n) is 9.02. The molecular formula is C22H21NO4S. The van der Waals surface area contributed by atoms with Crippen LogP contribution in [0.5, 0.6) is 0 Å². The number of carbonyl (C=O) groups excluding carboxylic acids is 2. The Kier molecular flexibility index (Phi) is 6.45. The number of nitrogens with one attached hydrogen (secondary N) is 1. The van der Waals surface area contributed by atoms with Gasteiger partial charge in [0.15, 0.2) is 0 Å². The highest BCUT2D eigenvalue weighted by atomic mass is 32.1. The van der Waals surface area contributed by atoms with Gasteiger partial charge in [-0.3, -0.25) is 4.79 Å². The molecule has 6 heteroatoms. The molecule has 0 atom stereocenters. The molecule has 3 aromatic rings. The molecule has 0 radical (unpaired) electrons. The smallest absolute Gasteiger partial charge is 0.341 e. The van der Waals surface area contributed by atoms with Gasteiger partial charge >= 0.3 is 5.97 Å². The predicted octanol–water partition coefficient (Wildman–Crippen LogP) is 5.40. The molecule has 1 N–H and O–H groups in total. The van der Waals surface area contributed by atoms with E-state index in [1.165, 1.54) is 29.2 Å². The Bertz CT molecular complexity index is 969. The summed E-state index contributed by atoms with van der Waals surface area (Å²) in [5.41, 5.74) is 3.24. The molecule has 0 bridgehead atoms. The van der Waals surface area contributed by atoms with E-state index >= 15 is 0 Å². The number of hydrogen-bond donors (Lipinski definition) is 1. The molecule has 0 aliphatic heterocycles. The van der Waals surface area contributed by atoms with Gasteiger partial charge in [0.05, 0.1) is 12.9 Å². The fraction of sp³-hybridized carbons (Fsp3) is 0.182. The van der Waals surface area contributed by atoms with Crippen LogP contribution in [0.4, 0.5) is 5.00 Å². The van der Waals surface area contributed by atoms with Crippen molar-refractivity contribution in [3.05, 3.63) is 71.0 Å². The van der Waals surface area contributed by atoms with Crippen LogP contribution in [0.15, 0.2) is 58.5 Å². The van der Waals surface area contributed by atoms with Gasteiger partial charge in [0.25, 0.3) is 0 Å². The van der Waals surface area contributed by atoms with E-state index < -0.39 is 5.97 Å². The normalized spacial score (nSPS) is 10.9. The van der Waals surface area contributed by atoms with Crippen molar-refractivity contribution in [3.63, 3.8) is 0 Å². The summed E-state index contributed by atoms with van der Waals surface area (Å²) >= 11 is 1.30. The van der Waals surface area contributed by atoms with Crippen molar-refractivity contribution < 1.29 is 18.7 Å². The van der Waals surface area contributed by atoms with E-state index in [-0.39, 0.29) is 12.5 Å². The lowest BCUT2D eigenvalue weighted by Crippen LogP contribution is -2.12. The molecule has 5 nitrogen and oxygen atoms in total. The summed E-state index contributed by atoms with van der Waals surface area (Å²) in [6.45, 7) is 4.10. The molecule has 1 amide bonds. The molecule has 2 heterocycles. The van der Waals surface area contributed by atoms with E-state index in [2.05, 4.69) is 12.2 Å². The Morgan fingerprint density at radius 2 is 1.96 bits per heavy atom. The van der Waals surface area contributed by atoms with E-state index in [0.29, 0.717) is 16.3 Å². The maximum absolute atomic E-state index is 12.6. The minimum atomic E-state index is -0.455. The Balaban J connectivity index is 1.88. The molecule has 2 aromatic heterocycles. The summed E-state index contributed by atoms with van der Waals surface area (Å²) in [6.07, 6.45) is 5.41. The lowest BCUT2D eigenvalue weighted by Gasteiger charge is -2.08. The standard InChI is InChI=1S/C22H21NO4S/c1-3-15-7-9-16(10-8-15)18-14-28-21(20(18)22(25)26-4-2)23-19(24)12-11-17-6-5-13-27-17/h5-14H,3-4H2,1-2H3,(H,23,24)/b12-11+. The number of thiophene rings is 1. The average Bonchev–Trinajstić information content (AvgIpc) is 3.36. The number of hydrogen-bond acceptors (Lipinski definition) is 5. The number of rotatable bonds is 7. The summed E-state index contributed by atoms with van der Waals surface area (Å²) < 4.78 is 10.4. The van der Waals surface area contributed by atoms with Crippen LogP contribution < -0.4 is 5.32 Å². The number of amides is 1. The van der Waals surface area contributed by atoms with E-state index in [1.807, 2.05) is 29.6 Å². The Labute approximate surface area is 167 Å². The second kappa shape index (κ2) is 9.19. The van der Waals surface area contributed by atoms with Gasteiger partial charge in [0.2, 0.25) is 5.91 Å². The van der Waals surface area contributed by atoms with Gasteiger partial charge in [-0.15, -0.1) is 11.3 Å². The number of ether oxygens (including phenoxy) is 1. The van der Waals surface area contributed by atoms with Crippen molar-refractivity contribution in [1.29, 1.82) is 0 Å². The topological polar surface area (TPSA) is 68.5 Å². The number of anilines is 1. The van der Waals surface area contributed by atoms with Gasteiger partial charge in [0, 0.05) is 17.0 Å². The van der Waals surface area contributed by atoms with Crippen molar-refractivity contribution >= 4 is 34.3 Å². The van der Waals surface area contributed by atoms with Gasteiger partial charge in [-0.05, 0) is 42.7 Å². The van der Waals surface area contributed by atoms with E-state index in [0.717, 1.165) is 17.5 Å². The number of benzene rings is 1. The van der Waals surface area contributed by atoms with Crippen LogP contribution >= 0.6 is 11.3 Å². The lowest BCUT2D eigenvalue weighted by molar-refractivity contribution is -0.111. The quantitative estimate of drug-likeness (QED) is 0.430. The highest BCUT2D eigenvalue weighted by Gasteiger charge is 2.22. The van der Waals surface area contributed by atoms with Crippen molar-refractivity contribution in [3.8, 4) is 11.1 Å². The van der Waals surface area contributed by atoms with Gasteiger partial charge < -0.3 is 14.5 Å². The van der Waals surface area contributed by atoms with Crippen LogP contribution in [0, 0.1) is 0 Å². The SMILES string of the molecule is CCOC(=O)c1c(-c2ccc(CC)cc2)csc1NC(=O)/C=C/c1ccco1. The zero-order valence-electron chi connectivity index (χ0n) is 15.7. The molecule has 144 valence electrons. The van der Waals surface area contributed by atoms with Crippen LogP contribution in [0.3, 0.4) is 0 Å². The fourth-order valence-corrected chi connectivity index (χ4v) is 3.65. The zero-order chi connectivity index (χ0) is 19.9. The predicted molar refractivity (Wildman–Crippen MR) is 111 cm³/mol. The van der Waals surface area contributed by atoms with Crippen molar-refractivity contribution in [2.75, 3.05) is 11.9 Å². The molecule has 0 saturated heterocycles. The van der Waals surface area contributed by atoms with Crippen LogP contribution in [-0.4, -0.2) is 18.5 Å². The summed E-state index contributed by atoms with van der Waals surface area (Å²) in [6, 6.07) is 11.5. The van der Waals surface area contributed by atoms with Gasteiger partial charge in [-0.1, -0.05) is 31.2 Å². The number of carbonyl (C=O) groups is 2. The third-order valence-corrected chi connectivity index (χ3v) is 5.02. The van der Waals surface area contributed by atoms with E-state index in [1.54, 1.807) is 25.1 Å². The largest absolute Gasteiger partial charge is 0.465 e. The molecule has 0 spiro atoms. The highest BCUT2D eigenvalue weighted by Crippen LogP contribution is 2.36. The second-order valence-electron chi connectivity index (χ2n) is 5.96. The van der Waals surface area contributed by atoms with Crippen molar-refractivity contribution in [2.45, 2.75) is 20.3 Å². The number of furan rings is 1. The van der Waals surface area contributed by atoms with Crippen LogP contribution in [0.2, 0.25) is 0 Å². The number of aryl methyl sites for hydroxylation is 1. The summed E-state index contributed by atoms with van der Waals surface area (Å²) in [7, 11) is 0. The van der Waals surface area contributed by atoms with Crippen LogP contribution in [-0.2, 0) is 16.0 Å². The molecule has 1 aromatic carbocycles. The Hall–Kier alpha value is -3.12. The van der Waals surface area contributed by atoms with Crippen LogP contribution in [0.25, 0.3) is 17.2 Å². The van der Waals surface area contributed by atoms with Gasteiger partial charge in [-0.2, -0.15) is 0 Å². The third kappa shape index (κ3) is 4.58. The first kappa shape index (κ1) is 19.6. The highest BCUT2D eigenvalue weighted by molar-refractivity contribution is 7.15. The minimum absolute atomic E-state index is 0.259. The maximum Gasteiger partial charge on any atom is 0.341 e. The first-order valence-corrected chi connectivity index (χ1v) is 9.90. The molecule has 0 fully saturated rings. The molecule has 0 aliphatic rings. The molecule has 0 aliphatic carbocycles. The maximum atomic E-state index is 12.6. The Morgan fingerprint density at radius 1 is 1.18 bits per heavy atom. The summed E-state index contributed by atoms with van der Waals surface area (Å²) in [4.78, 5) is 24.9. The van der Waals surface area contributed by atoms with Crippen molar-refractivity contribution in [1.82, 2.24) is 0 Å². The average molecular weight is 395 g/mol. The third-order valence-electron chi connectivity index (χ3n) is 4.12. The van der Waals surface area contributed by atoms with Gasteiger partial charge in [-0.25, -0.2) is 4.79 Å². The summed E-state index contributed by atoms with van der Waals surface area (Å²) in [5.74, 6) is -0.232. The van der Waals surface area contributed by atoms with Gasteiger partial charge in [0.1, 0.15) is 16.3 Å². The summed E-state index contributed by atoms with van der Waals surface area (Å²) in [5, 5.41) is 5.10. The monoisotopic (exact) mass is 395 g/mol. The molecule has 0 saturated carbocycles. The molecule has 3 rings (SSSR count). The lowest BCUT2D eigenvalue weighted by atomic mass is 10.0. The first-order chi connectivity index (χ1) is 13.6. The number of esters is 1. The molecule has 28 heavy (non-hydrogen) atoms. The minimum Gasteiger partial charge on any atom is -0.465 e. The van der Waals surface area contributed by atoms with E-state index in [9.17, 15) is 9.59 Å². The zero-order valence-corrected chi connectivity index (χ0v) is 16.5. The second-order valence-corrected chi connectivity index (χ2v) is 6.84. The molecule has 0 unspecified atom stereocenters.